The first kappa shape index (κ1) is 23.1. The summed E-state index contributed by atoms with van der Waals surface area (Å²) < 4.78 is 12.9. The molecule has 4 nitrogen and oxygen atoms in total. The zero-order chi connectivity index (χ0) is 24.3. The third-order valence-electron chi connectivity index (χ3n) is 7.63. The maximum atomic E-state index is 12.3. The Labute approximate surface area is 202 Å². The molecule has 1 heterocycles. The Bertz CT molecular complexity index is 1210. The molecule has 1 aliphatic heterocycles. The lowest BCUT2D eigenvalue weighted by atomic mass is 9.66. The van der Waals surface area contributed by atoms with Crippen LogP contribution in [-0.4, -0.2) is 24.1 Å². The highest BCUT2D eigenvalue weighted by Gasteiger charge is 2.43. The molecule has 0 unspecified atom stereocenters. The van der Waals surface area contributed by atoms with E-state index < -0.39 is 5.79 Å². The van der Waals surface area contributed by atoms with Crippen LogP contribution < -0.4 is 0 Å². The molecule has 5 rings (SSSR count). The number of aliphatic hydroxyl groups is 1. The predicted molar refractivity (Wildman–Crippen MR) is 134 cm³/mol. The summed E-state index contributed by atoms with van der Waals surface area (Å²) in [5, 5.41) is 10.2. The van der Waals surface area contributed by atoms with Gasteiger partial charge in [0.2, 0.25) is 5.79 Å². The number of ketones is 1. The molecule has 0 spiro atoms. The summed E-state index contributed by atoms with van der Waals surface area (Å²) in [6, 6.07) is 12.3. The minimum atomic E-state index is -1.01. The molecule has 1 fully saturated rings. The van der Waals surface area contributed by atoms with Gasteiger partial charge in [0.15, 0.2) is 5.78 Å². The Morgan fingerprint density at radius 1 is 0.824 bits per heavy atom. The maximum Gasteiger partial charge on any atom is 0.222 e. The average molecular weight is 459 g/mol. The zero-order valence-corrected chi connectivity index (χ0v) is 20.8. The van der Waals surface area contributed by atoms with Crippen LogP contribution in [0.1, 0.15) is 80.3 Å². The number of hydrogen-bond acceptors (Lipinski definition) is 4. The van der Waals surface area contributed by atoms with E-state index in [2.05, 4.69) is 58.9 Å². The fraction of sp³-hybridized carbons (Fsp3) is 0.433. The maximum absolute atomic E-state index is 12.3. The van der Waals surface area contributed by atoms with Gasteiger partial charge in [0.25, 0.3) is 0 Å². The summed E-state index contributed by atoms with van der Waals surface area (Å²) in [6.07, 6.45) is 6.25. The van der Waals surface area contributed by atoms with E-state index in [1.807, 2.05) is 24.3 Å². The van der Waals surface area contributed by atoms with Crippen molar-refractivity contribution >= 4 is 11.4 Å². The number of allylic oxidation sites excluding steroid dienone is 4. The normalized spacial score (nSPS) is 22.7. The molecule has 0 atom stereocenters. The third kappa shape index (κ3) is 3.55. The van der Waals surface area contributed by atoms with Gasteiger partial charge in [-0.2, -0.15) is 0 Å². The lowest BCUT2D eigenvalue weighted by Crippen LogP contribution is -2.40. The van der Waals surface area contributed by atoms with Crippen molar-refractivity contribution in [1.82, 2.24) is 0 Å². The number of ether oxygens (including phenoxy) is 2. The summed E-state index contributed by atoms with van der Waals surface area (Å²) in [7, 11) is 0. The molecule has 2 aromatic rings. The van der Waals surface area contributed by atoms with Gasteiger partial charge in [-0.1, -0.05) is 70.2 Å². The van der Waals surface area contributed by atoms with Crippen molar-refractivity contribution in [3.8, 4) is 0 Å². The highest BCUT2D eigenvalue weighted by molar-refractivity contribution is 6.23. The highest BCUT2D eigenvalue weighted by Crippen LogP contribution is 2.47. The van der Waals surface area contributed by atoms with Crippen LogP contribution in [-0.2, 0) is 30.9 Å². The van der Waals surface area contributed by atoms with E-state index >= 15 is 0 Å². The summed E-state index contributed by atoms with van der Waals surface area (Å²) in [6.45, 7) is 12.4. The van der Waals surface area contributed by atoms with Crippen molar-refractivity contribution in [2.75, 3.05) is 13.2 Å². The summed E-state index contributed by atoms with van der Waals surface area (Å²) in [5.41, 5.74) is 6.73. The summed E-state index contributed by atoms with van der Waals surface area (Å²) in [5.74, 6) is -0.831. The second-order valence-corrected chi connectivity index (χ2v) is 11.0. The summed E-state index contributed by atoms with van der Waals surface area (Å²) in [4.78, 5) is 12.3. The molecule has 0 saturated carbocycles. The molecule has 3 aliphatic rings. The molecule has 178 valence electrons. The zero-order valence-electron chi connectivity index (χ0n) is 20.8. The first-order valence-corrected chi connectivity index (χ1v) is 12.3. The molecule has 0 bridgehead atoms. The van der Waals surface area contributed by atoms with E-state index in [0.29, 0.717) is 31.6 Å². The number of aryl methyl sites for hydroxylation is 1. The fourth-order valence-corrected chi connectivity index (χ4v) is 5.56. The number of benzene rings is 2. The molecule has 1 N–H and O–H groups in total. The van der Waals surface area contributed by atoms with Crippen LogP contribution in [0.5, 0.6) is 0 Å². The molecule has 4 heteroatoms. The fourth-order valence-electron chi connectivity index (χ4n) is 5.56. The van der Waals surface area contributed by atoms with Crippen LogP contribution in [0, 0.1) is 6.92 Å². The number of rotatable bonds is 3. The first-order valence-electron chi connectivity index (χ1n) is 12.3. The number of hydrogen-bond donors (Lipinski definition) is 1. The second kappa shape index (κ2) is 7.93. The van der Waals surface area contributed by atoms with Gasteiger partial charge in [-0.15, -0.1) is 0 Å². The number of fused-ring (bicyclic) bond motifs is 1. The largest absolute Gasteiger partial charge is 0.512 e. The standard InChI is InChI=1S/C30H34O4/c1-19-17-23-24(29(4,5)14-13-28(23,2)3)18-22(19)30(33-15-6-16-34-30)21-9-7-20(8-10-21)27-25(31)11-12-26(27)32/h7-10,13-14,17-18,31H,6,11-12,15-16H2,1-5H3. The van der Waals surface area contributed by atoms with Crippen LogP contribution in [0.2, 0.25) is 0 Å². The molecule has 34 heavy (non-hydrogen) atoms. The van der Waals surface area contributed by atoms with E-state index in [1.54, 1.807) is 0 Å². The smallest absolute Gasteiger partial charge is 0.222 e. The predicted octanol–water partition coefficient (Wildman–Crippen LogP) is 6.39. The number of carbonyl (C=O) groups excluding carboxylic acids is 1. The van der Waals surface area contributed by atoms with Crippen LogP contribution in [0.3, 0.4) is 0 Å². The van der Waals surface area contributed by atoms with Gasteiger partial charge >= 0.3 is 0 Å². The Morgan fingerprint density at radius 2 is 1.41 bits per heavy atom. The van der Waals surface area contributed by atoms with Gasteiger partial charge in [0, 0.05) is 34.8 Å². The summed E-state index contributed by atoms with van der Waals surface area (Å²) >= 11 is 0. The molecular formula is C30H34O4. The van der Waals surface area contributed by atoms with Gasteiger partial charge in [0.1, 0.15) is 5.76 Å². The van der Waals surface area contributed by atoms with Gasteiger partial charge in [-0.25, -0.2) is 0 Å². The minimum absolute atomic E-state index is 0.00596. The Balaban J connectivity index is 1.65. The number of Topliss-reactive ketones (excluding diaryl/α,β-unsaturated/α-hetero) is 1. The van der Waals surface area contributed by atoms with Gasteiger partial charge in [-0.3, -0.25) is 4.79 Å². The molecule has 0 amide bonds. The molecule has 2 aromatic carbocycles. The van der Waals surface area contributed by atoms with Gasteiger partial charge in [0.05, 0.1) is 18.8 Å². The lowest BCUT2D eigenvalue weighted by molar-refractivity contribution is -0.249. The van der Waals surface area contributed by atoms with Crippen LogP contribution in [0.4, 0.5) is 0 Å². The van der Waals surface area contributed by atoms with E-state index in [0.717, 1.165) is 28.7 Å². The lowest BCUT2D eigenvalue weighted by Gasteiger charge is -2.42. The monoisotopic (exact) mass is 458 g/mol. The van der Waals surface area contributed by atoms with Crippen LogP contribution in [0.15, 0.2) is 54.3 Å². The molecule has 2 aliphatic carbocycles. The van der Waals surface area contributed by atoms with E-state index in [-0.39, 0.29) is 22.4 Å². The van der Waals surface area contributed by atoms with Crippen molar-refractivity contribution in [3.05, 3.63) is 87.7 Å². The van der Waals surface area contributed by atoms with Gasteiger partial charge < -0.3 is 14.6 Å². The Morgan fingerprint density at radius 3 is 1.97 bits per heavy atom. The van der Waals surface area contributed by atoms with Crippen LogP contribution in [0.25, 0.3) is 5.57 Å². The Kier molecular flexibility index (Phi) is 5.38. The third-order valence-corrected chi connectivity index (χ3v) is 7.63. The molecule has 0 radical (unpaired) electrons. The second-order valence-electron chi connectivity index (χ2n) is 11.0. The number of aliphatic hydroxyl groups excluding tert-OH is 1. The van der Waals surface area contributed by atoms with Crippen molar-refractivity contribution < 1.29 is 19.4 Å². The SMILES string of the molecule is Cc1cc2c(cc1C1(c3ccc(C4=C(O)CCC4=O)cc3)OCCCO1)C(C)(C)C=CC2(C)C. The van der Waals surface area contributed by atoms with Crippen molar-refractivity contribution in [3.63, 3.8) is 0 Å². The minimum Gasteiger partial charge on any atom is -0.512 e. The molecular weight excluding hydrogens is 424 g/mol. The van der Waals surface area contributed by atoms with E-state index in [9.17, 15) is 9.90 Å². The van der Waals surface area contributed by atoms with E-state index in [4.69, 9.17) is 9.47 Å². The van der Waals surface area contributed by atoms with Crippen molar-refractivity contribution in [2.45, 2.75) is 70.5 Å². The average Bonchev–Trinajstić information content (AvgIpc) is 3.15. The van der Waals surface area contributed by atoms with Crippen molar-refractivity contribution in [2.24, 2.45) is 0 Å². The first-order chi connectivity index (χ1) is 16.1. The Hall–Kier alpha value is -2.69. The van der Waals surface area contributed by atoms with Crippen LogP contribution >= 0.6 is 0 Å². The molecule has 1 saturated heterocycles. The van der Waals surface area contributed by atoms with Crippen molar-refractivity contribution in [1.29, 1.82) is 0 Å². The quantitative estimate of drug-likeness (QED) is 0.542. The van der Waals surface area contributed by atoms with Gasteiger partial charge in [-0.05, 0) is 41.7 Å². The highest BCUT2D eigenvalue weighted by atomic mass is 16.7. The molecule has 0 aromatic heterocycles. The number of carbonyl (C=O) groups is 1. The topological polar surface area (TPSA) is 55.8 Å². The van der Waals surface area contributed by atoms with E-state index in [1.165, 1.54) is 11.1 Å².